The van der Waals surface area contributed by atoms with Gasteiger partial charge in [-0.05, 0) is 5.92 Å². The predicted octanol–water partition coefficient (Wildman–Crippen LogP) is -0.0887. The molecule has 0 saturated heterocycles. The summed E-state index contributed by atoms with van der Waals surface area (Å²) in [6.45, 7) is 3.90. The summed E-state index contributed by atoms with van der Waals surface area (Å²) >= 11 is 1.31. The lowest BCUT2D eigenvalue weighted by molar-refractivity contribution is -0.121. The Labute approximate surface area is 86.0 Å². The molecule has 0 fully saturated rings. The van der Waals surface area contributed by atoms with E-state index in [4.69, 9.17) is 5.84 Å². The molecule has 1 aromatic heterocycles. The lowest BCUT2D eigenvalue weighted by atomic mass is 10.1. The minimum Gasteiger partial charge on any atom is -0.293 e. The second-order valence-corrected chi connectivity index (χ2v) is 4.21. The summed E-state index contributed by atoms with van der Waals surface area (Å²) in [5.41, 5.74) is 2.14. The van der Waals surface area contributed by atoms with Crippen LogP contribution in [0.1, 0.15) is 13.8 Å². The predicted molar refractivity (Wildman–Crippen MR) is 53.2 cm³/mol. The number of hydrogen-bond donors (Lipinski definition) is 3. The Hall–Kier alpha value is -1.08. The molecule has 0 aromatic carbocycles. The third-order valence-corrected chi connectivity index (χ3v) is 3.07. The largest absolute Gasteiger partial charge is 0.293 e. The highest BCUT2D eigenvalue weighted by Crippen LogP contribution is 2.24. The normalized spacial score (nSPS) is 12.9. The number of nitrogens with two attached hydrogens (primary N) is 1. The summed E-state index contributed by atoms with van der Waals surface area (Å²) in [6, 6.07) is 0. The molecule has 0 aliphatic rings. The molecule has 1 aromatic rings. The van der Waals surface area contributed by atoms with Crippen molar-refractivity contribution in [2.75, 3.05) is 0 Å². The quantitative estimate of drug-likeness (QED) is 0.282. The average molecular weight is 215 g/mol. The molecule has 1 atom stereocenters. The number of carbonyl (C=O) groups is 1. The molecular weight excluding hydrogens is 202 g/mol. The van der Waals surface area contributed by atoms with Crippen molar-refractivity contribution in [2.45, 2.75) is 24.3 Å². The molecule has 4 N–H and O–H groups in total. The number of thioether (sulfide) groups is 1. The number of nitrogens with zero attached hydrogens (tertiary/aromatic N) is 2. The maximum absolute atomic E-state index is 11.4. The third kappa shape index (κ3) is 2.71. The fourth-order valence-corrected chi connectivity index (χ4v) is 1.85. The van der Waals surface area contributed by atoms with Gasteiger partial charge in [-0.1, -0.05) is 25.6 Å². The maximum Gasteiger partial charge on any atom is 0.247 e. The highest BCUT2D eigenvalue weighted by Gasteiger charge is 2.23. The summed E-state index contributed by atoms with van der Waals surface area (Å²) in [7, 11) is 0. The van der Waals surface area contributed by atoms with E-state index in [1.54, 1.807) is 0 Å². The van der Waals surface area contributed by atoms with Crippen LogP contribution >= 0.6 is 11.8 Å². The molecule has 7 heteroatoms. The van der Waals surface area contributed by atoms with Crippen LogP contribution in [0.3, 0.4) is 0 Å². The molecule has 78 valence electrons. The summed E-state index contributed by atoms with van der Waals surface area (Å²) in [4.78, 5) is 15.3. The zero-order valence-electron chi connectivity index (χ0n) is 8.02. The maximum atomic E-state index is 11.4. The molecule has 0 radical (unpaired) electrons. The van der Waals surface area contributed by atoms with E-state index < -0.39 is 0 Å². The summed E-state index contributed by atoms with van der Waals surface area (Å²) < 4.78 is 0. The van der Waals surface area contributed by atoms with Crippen LogP contribution in [-0.2, 0) is 4.79 Å². The first kappa shape index (κ1) is 11.0. The molecule has 1 rings (SSSR count). The molecule has 6 nitrogen and oxygen atoms in total. The summed E-state index contributed by atoms with van der Waals surface area (Å²) in [5.74, 6) is 5.05. The lowest BCUT2D eigenvalue weighted by Crippen LogP contribution is -2.40. The molecular formula is C7H13N5OS. The number of hydrogen-bond acceptors (Lipinski definition) is 5. The summed E-state index contributed by atoms with van der Waals surface area (Å²) in [6.07, 6.45) is 1.40. The van der Waals surface area contributed by atoms with E-state index in [0.29, 0.717) is 5.16 Å². The van der Waals surface area contributed by atoms with Gasteiger partial charge in [0.25, 0.3) is 0 Å². The number of amides is 1. The van der Waals surface area contributed by atoms with E-state index in [1.165, 1.54) is 18.1 Å². The highest BCUT2D eigenvalue weighted by atomic mass is 32.2. The fraction of sp³-hybridized carbons (Fsp3) is 0.571. The van der Waals surface area contributed by atoms with Crippen molar-refractivity contribution >= 4 is 17.7 Å². The average Bonchev–Trinajstić information content (AvgIpc) is 2.65. The Morgan fingerprint density at radius 2 is 2.43 bits per heavy atom. The summed E-state index contributed by atoms with van der Waals surface area (Å²) in [5, 5.41) is 6.74. The van der Waals surface area contributed by atoms with E-state index in [-0.39, 0.29) is 17.1 Å². The van der Waals surface area contributed by atoms with E-state index in [2.05, 4.69) is 20.6 Å². The molecule has 0 aliphatic carbocycles. The first-order valence-electron chi connectivity index (χ1n) is 4.17. The van der Waals surface area contributed by atoms with Crippen LogP contribution < -0.4 is 11.3 Å². The van der Waals surface area contributed by atoms with Crippen LogP contribution in [-0.4, -0.2) is 26.3 Å². The molecule has 1 heterocycles. The Bertz CT molecular complexity index is 286. The Kier molecular flexibility index (Phi) is 3.90. The molecule has 1 amide bonds. The highest BCUT2D eigenvalue weighted by molar-refractivity contribution is 8.00. The number of H-pyrrole nitrogens is 1. The van der Waals surface area contributed by atoms with Crippen LogP contribution in [0.2, 0.25) is 0 Å². The molecule has 0 saturated carbocycles. The van der Waals surface area contributed by atoms with Crippen molar-refractivity contribution in [3.63, 3.8) is 0 Å². The monoisotopic (exact) mass is 215 g/mol. The number of rotatable bonds is 4. The molecule has 1 unspecified atom stereocenters. The van der Waals surface area contributed by atoms with Crippen LogP contribution in [0.15, 0.2) is 11.5 Å². The fourth-order valence-electron chi connectivity index (χ4n) is 0.946. The molecule has 14 heavy (non-hydrogen) atoms. The van der Waals surface area contributed by atoms with Gasteiger partial charge < -0.3 is 0 Å². The van der Waals surface area contributed by atoms with E-state index >= 15 is 0 Å². The van der Waals surface area contributed by atoms with Crippen LogP contribution in [0.25, 0.3) is 0 Å². The number of hydrazine groups is 1. The number of aromatic nitrogens is 3. The smallest absolute Gasteiger partial charge is 0.247 e. The number of carbonyl (C=O) groups excluding carboxylic acids is 1. The number of aromatic amines is 1. The van der Waals surface area contributed by atoms with Crippen molar-refractivity contribution in [1.82, 2.24) is 20.6 Å². The molecule has 0 bridgehead atoms. The van der Waals surface area contributed by atoms with Crippen molar-refractivity contribution in [1.29, 1.82) is 0 Å². The van der Waals surface area contributed by atoms with Crippen LogP contribution in [0, 0.1) is 5.92 Å². The SMILES string of the molecule is CC(C)C(Sc1ncn[nH]1)C(=O)NN. The topological polar surface area (TPSA) is 96.7 Å². The first-order chi connectivity index (χ1) is 6.65. The van der Waals surface area contributed by atoms with Crippen molar-refractivity contribution in [3.8, 4) is 0 Å². The molecule has 0 spiro atoms. The van der Waals surface area contributed by atoms with Crippen molar-refractivity contribution < 1.29 is 4.79 Å². The van der Waals surface area contributed by atoms with Gasteiger partial charge in [0.15, 0.2) is 5.16 Å². The Balaban J connectivity index is 2.65. The number of nitrogens with one attached hydrogen (secondary N) is 2. The van der Waals surface area contributed by atoms with E-state index in [1.807, 2.05) is 13.8 Å². The van der Waals surface area contributed by atoms with Gasteiger partial charge in [0, 0.05) is 0 Å². The van der Waals surface area contributed by atoms with Gasteiger partial charge in [-0.25, -0.2) is 10.8 Å². The molecule has 0 aliphatic heterocycles. The Morgan fingerprint density at radius 1 is 1.71 bits per heavy atom. The van der Waals surface area contributed by atoms with Gasteiger partial charge in [0.1, 0.15) is 6.33 Å². The van der Waals surface area contributed by atoms with Gasteiger partial charge >= 0.3 is 0 Å². The third-order valence-electron chi connectivity index (χ3n) is 1.64. The zero-order valence-corrected chi connectivity index (χ0v) is 8.84. The lowest BCUT2D eigenvalue weighted by Gasteiger charge is -2.16. The minimum atomic E-state index is -0.257. The van der Waals surface area contributed by atoms with Crippen molar-refractivity contribution in [2.24, 2.45) is 11.8 Å². The van der Waals surface area contributed by atoms with Gasteiger partial charge in [-0.2, -0.15) is 5.10 Å². The zero-order chi connectivity index (χ0) is 10.6. The standard InChI is InChI=1S/C7H13N5OS/c1-4(2)5(6(13)11-8)14-7-9-3-10-12-7/h3-5H,8H2,1-2H3,(H,11,13)(H,9,10,12). The second-order valence-electron chi connectivity index (χ2n) is 3.08. The van der Waals surface area contributed by atoms with Gasteiger partial charge in [-0.15, -0.1) is 0 Å². The van der Waals surface area contributed by atoms with Gasteiger partial charge in [0.2, 0.25) is 5.91 Å². The van der Waals surface area contributed by atoms with E-state index in [9.17, 15) is 4.79 Å². The first-order valence-corrected chi connectivity index (χ1v) is 5.05. The van der Waals surface area contributed by atoms with Crippen LogP contribution in [0.4, 0.5) is 0 Å². The van der Waals surface area contributed by atoms with Crippen molar-refractivity contribution in [3.05, 3.63) is 6.33 Å². The Morgan fingerprint density at radius 3 is 2.86 bits per heavy atom. The minimum absolute atomic E-state index is 0.175. The van der Waals surface area contributed by atoms with E-state index in [0.717, 1.165) is 0 Å². The van der Waals surface area contributed by atoms with Gasteiger partial charge in [0.05, 0.1) is 5.25 Å². The van der Waals surface area contributed by atoms with Crippen LogP contribution in [0.5, 0.6) is 0 Å². The second kappa shape index (κ2) is 4.97. The van der Waals surface area contributed by atoms with Gasteiger partial charge in [-0.3, -0.25) is 15.3 Å².